The Morgan fingerprint density at radius 1 is 0.737 bits per heavy atom. The number of sulfonamides is 1. The van der Waals surface area contributed by atoms with Gasteiger partial charge in [0, 0.05) is 0 Å². The molecule has 0 heterocycles. The van der Waals surface area contributed by atoms with Gasteiger partial charge in [-0.25, -0.2) is 8.42 Å². The summed E-state index contributed by atoms with van der Waals surface area (Å²) in [6, 6.07) is 31.3. The molecule has 0 unspecified atom stereocenters. The first-order chi connectivity index (χ1) is 18.2. The van der Waals surface area contributed by atoms with E-state index in [9.17, 15) is 18.3 Å². The quantitative estimate of drug-likeness (QED) is 0.237. The predicted octanol–water partition coefficient (Wildman–Crippen LogP) is 6.32. The van der Waals surface area contributed by atoms with Crippen LogP contribution in [0.1, 0.15) is 25.0 Å². The molecule has 4 aromatic carbocycles. The first kappa shape index (κ1) is 27.1. The lowest BCUT2D eigenvalue weighted by Crippen LogP contribution is -2.44. The lowest BCUT2D eigenvalue weighted by molar-refractivity contribution is -0.140. The van der Waals surface area contributed by atoms with Gasteiger partial charge in [0.05, 0.1) is 4.90 Å². The van der Waals surface area contributed by atoms with E-state index in [4.69, 9.17) is 4.74 Å². The summed E-state index contributed by atoms with van der Waals surface area (Å²) in [5.41, 5.74) is 4.28. The summed E-state index contributed by atoms with van der Waals surface area (Å²) in [4.78, 5) is 11.4. The van der Waals surface area contributed by atoms with Gasteiger partial charge in [0.25, 0.3) is 0 Å². The van der Waals surface area contributed by atoms with Crippen LogP contribution in [0.4, 0.5) is 0 Å². The van der Waals surface area contributed by atoms with Crippen LogP contribution in [0, 0.1) is 5.92 Å². The number of carboxylic acids is 1. The van der Waals surface area contributed by atoms with Crippen molar-refractivity contribution in [3.63, 3.8) is 0 Å². The van der Waals surface area contributed by atoms with E-state index in [1.54, 1.807) is 26.0 Å². The van der Waals surface area contributed by atoms with Crippen molar-refractivity contribution in [2.75, 3.05) is 0 Å². The molecule has 0 fully saturated rings. The van der Waals surface area contributed by atoms with Crippen molar-refractivity contribution in [1.29, 1.82) is 0 Å². The van der Waals surface area contributed by atoms with E-state index in [0.717, 1.165) is 35.5 Å². The number of nitrogens with one attached hydrogen (secondary N) is 1. The Morgan fingerprint density at radius 3 is 1.71 bits per heavy atom. The standard InChI is InChI=1S/C31H31NO5S/c1-22(2)30(31(33)34)32-38(35,36)29-20-16-26(17-21-29)25-14-10-23(11-15-25)8-9-24-12-18-28(19-13-24)37-27-6-4-3-5-7-27/h3-7,10-22,30,32H,8-9H2,1-2H3,(H,33,34)/t30-/m1/s1. The van der Waals surface area contributed by atoms with Gasteiger partial charge in [-0.15, -0.1) is 0 Å². The third-order valence-corrected chi connectivity index (χ3v) is 7.73. The molecule has 0 aromatic heterocycles. The van der Waals surface area contributed by atoms with Gasteiger partial charge in [-0.3, -0.25) is 4.79 Å². The molecule has 6 nitrogen and oxygen atoms in total. The number of hydrogen-bond acceptors (Lipinski definition) is 4. The second-order valence-electron chi connectivity index (χ2n) is 9.46. The molecule has 7 heteroatoms. The number of aliphatic carboxylic acids is 1. The third kappa shape index (κ3) is 7.09. The maximum atomic E-state index is 12.7. The molecule has 0 aliphatic heterocycles. The molecule has 196 valence electrons. The van der Waals surface area contributed by atoms with Crippen LogP contribution in [-0.2, 0) is 27.7 Å². The number of para-hydroxylation sites is 1. The first-order valence-corrected chi connectivity index (χ1v) is 14.0. The van der Waals surface area contributed by atoms with Crippen LogP contribution >= 0.6 is 0 Å². The number of aryl methyl sites for hydroxylation is 2. The molecular formula is C31H31NO5S. The van der Waals surface area contributed by atoms with Crippen molar-refractivity contribution in [2.24, 2.45) is 5.92 Å². The molecular weight excluding hydrogens is 498 g/mol. The fraction of sp³-hybridized carbons (Fsp3) is 0.194. The number of rotatable bonds is 11. The molecule has 4 aromatic rings. The van der Waals surface area contributed by atoms with Gasteiger partial charge in [0.15, 0.2) is 0 Å². The minimum Gasteiger partial charge on any atom is -0.480 e. The van der Waals surface area contributed by atoms with E-state index in [1.807, 2.05) is 54.6 Å². The highest BCUT2D eigenvalue weighted by atomic mass is 32.2. The van der Waals surface area contributed by atoms with Crippen LogP contribution < -0.4 is 9.46 Å². The van der Waals surface area contributed by atoms with E-state index in [-0.39, 0.29) is 10.8 Å². The van der Waals surface area contributed by atoms with Crippen molar-refractivity contribution in [2.45, 2.75) is 37.6 Å². The zero-order valence-electron chi connectivity index (χ0n) is 21.4. The zero-order chi connectivity index (χ0) is 27.1. The molecule has 4 rings (SSSR count). The number of carbonyl (C=O) groups is 1. The molecule has 0 spiro atoms. The summed E-state index contributed by atoms with van der Waals surface area (Å²) in [5.74, 6) is 0.0363. The minimum atomic E-state index is -3.95. The Labute approximate surface area is 224 Å². The van der Waals surface area contributed by atoms with E-state index in [1.165, 1.54) is 23.3 Å². The fourth-order valence-corrected chi connectivity index (χ4v) is 5.37. The normalized spacial score (nSPS) is 12.3. The highest BCUT2D eigenvalue weighted by molar-refractivity contribution is 7.89. The first-order valence-electron chi connectivity index (χ1n) is 12.5. The molecule has 0 saturated heterocycles. The average Bonchev–Trinajstić information content (AvgIpc) is 2.92. The van der Waals surface area contributed by atoms with Crippen LogP contribution in [-0.4, -0.2) is 25.5 Å². The summed E-state index contributed by atoms with van der Waals surface area (Å²) in [6.45, 7) is 3.32. The summed E-state index contributed by atoms with van der Waals surface area (Å²) >= 11 is 0. The largest absolute Gasteiger partial charge is 0.480 e. The second kappa shape index (κ2) is 12.1. The number of ether oxygens (including phenoxy) is 1. The summed E-state index contributed by atoms with van der Waals surface area (Å²) in [7, 11) is -3.95. The topological polar surface area (TPSA) is 92.7 Å². The molecule has 1 atom stereocenters. The monoisotopic (exact) mass is 529 g/mol. The lowest BCUT2D eigenvalue weighted by Gasteiger charge is -2.18. The molecule has 0 bridgehead atoms. The molecule has 0 radical (unpaired) electrons. The Hall–Kier alpha value is -3.94. The third-order valence-electron chi connectivity index (χ3n) is 6.27. The highest BCUT2D eigenvalue weighted by Gasteiger charge is 2.27. The lowest BCUT2D eigenvalue weighted by atomic mass is 10.0. The van der Waals surface area contributed by atoms with Gasteiger partial charge in [0.2, 0.25) is 10.0 Å². The number of hydrogen-bond donors (Lipinski definition) is 2. The van der Waals surface area contributed by atoms with E-state index >= 15 is 0 Å². The summed E-state index contributed by atoms with van der Waals surface area (Å²) in [5, 5.41) is 9.30. The maximum absolute atomic E-state index is 12.7. The summed E-state index contributed by atoms with van der Waals surface area (Å²) in [6.07, 6.45) is 1.79. The Kier molecular flexibility index (Phi) is 8.61. The number of carboxylic acid groups (broad SMARTS) is 1. The molecule has 2 N–H and O–H groups in total. The number of benzene rings is 4. The van der Waals surface area contributed by atoms with Crippen LogP contribution in [0.25, 0.3) is 11.1 Å². The van der Waals surface area contributed by atoms with Crippen molar-refractivity contribution in [3.05, 3.63) is 114 Å². The Morgan fingerprint density at radius 2 is 1.21 bits per heavy atom. The van der Waals surface area contributed by atoms with Crippen molar-refractivity contribution in [1.82, 2.24) is 4.72 Å². The second-order valence-corrected chi connectivity index (χ2v) is 11.2. The summed E-state index contributed by atoms with van der Waals surface area (Å²) < 4.78 is 33.4. The Bertz CT molecular complexity index is 1450. The van der Waals surface area contributed by atoms with Gasteiger partial charge in [-0.1, -0.05) is 80.6 Å². The van der Waals surface area contributed by atoms with Gasteiger partial charge >= 0.3 is 5.97 Å². The van der Waals surface area contributed by atoms with Gasteiger partial charge in [0.1, 0.15) is 17.5 Å². The predicted molar refractivity (Wildman–Crippen MR) is 149 cm³/mol. The van der Waals surface area contributed by atoms with Crippen LogP contribution in [0.2, 0.25) is 0 Å². The molecule has 0 aliphatic rings. The van der Waals surface area contributed by atoms with Crippen molar-refractivity contribution >= 4 is 16.0 Å². The van der Waals surface area contributed by atoms with Gasteiger partial charge < -0.3 is 9.84 Å². The van der Waals surface area contributed by atoms with Crippen LogP contribution in [0.3, 0.4) is 0 Å². The van der Waals surface area contributed by atoms with Gasteiger partial charge in [-0.2, -0.15) is 4.72 Å². The molecule has 38 heavy (non-hydrogen) atoms. The smallest absolute Gasteiger partial charge is 0.322 e. The van der Waals surface area contributed by atoms with Crippen molar-refractivity contribution < 1.29 is 23.1 Å². The minimum absolute atomic E-state index is 0.0324. The van der Waals surface area contributed by atoms with Gasteiger partial charge in [-0.05, 0) is 77.4 Å². The fourth-order valence-electron chi connectivity index (χ4n) is 4.03. The zero-order valence-corrected chi connectivity index (χ0v) is 22.2. The van der Waals surface area contributed by atoms with Crippen molar-refractivity contribution in [3.8, 4) is 22.6 Å². The van der Waals surface area contributed by atoms with E-state index in [0.29, 0.717) is 0 Å². The highest BCUT2D eigenvalue weighted by Crippen LogP contribution is 2.24. The van der Waals surface area contributed by atoms with E-state index in [2.05, 4.69) is 29.0 Å². The van der Waals surface area contributed by atoms with E-state index < -0.39 is 22.0 Å². The molecule has 0 aliphatic carbocycles. The average molecular weight is 530 g/mol. The molecule has 0 saturated carbocycles. The Balaban J connectivity index is 1.34. The maximum Gasteiger partial charge on any atom is 0.322 e. The SMILES string of the molecule is CC(C)[C@@H](NS(=O)(=O)c1ccc(-c2ccc(CCc3ccc(Oc4ccccc4)cc3)cc2)cc1)C(=O)O. The van der Waals surface area contributed by atoms with Crippen LogP contribution in [0.5, 0.6) is 11.5 Å². The molecule has 0 amide bonds. The van der Waals surface area contributed by atoms with Crippen LogP contribution in [0.15, 0.2) is 108 Å².